The molecule has 0 aliphatic rings. The zero-order chi connectivity index (χ0) is 15.1. The van der Waals surface area contributed by atoms with Crippen LogP contribution >= 0.6 is 0 Å². The van der Waals surface area contributed by atoms with Gasteiger partial charge < -0.3 is 4.74 Å². The van der Waals surface area contributed by atoms with Gasteiger partial charge in [0.2, 0.25) is 0 Å². The normalized spacial score (nSPS) is 12.3. The maximum Gasteiger partial charge on any atom is 0.308 e. The lowest BCUT2D eigenvalue weighted by atomic mass is 10.0. The van der Waals surface area contributed by atoms with E-state index in [-0.39, 0.29) is 11.9 Å². The first-order valence-electron chi connectivity index (χ1n) is 8.80. The van der Waals surface area contributed by atoms with Crippen molar-refractivity contribution in [2.45, 2.75) is 97.3 Å². The quantitative estimate of drug-likeness (QED) is 0.294. The van der Waals surface area contributed by atoms with E-state index in [0.717, 1.165) is 12.8 Å². The van der Waals surface area contributed by atoms with Crippen molar-refractivity contribution in [2.24, 2.45) is 5.92 Å². The number of ether oxygens (including phenoxy) is 1. The first-order chi connectivity index (χ1) is 9.72. The summed E-state index contributed by atoms with van der Waals surface area (Å²) in [7, 11) is 1.47. The molecule has 0 heterocycles. The SMILES string of the molecule is CCCCCCCCCCCCCC[C@@H](C)C(=O)OC. The van der Waals surface area contributed by atoms with Gasteiger partial charge in [-0.05, 0) is 6.42 Å². The van der Waals surface area contributed by atoms with E-state index in [4.69, 9.17) is 4.74 Å². The fourth-order valence-corrected chi connectivity index (χ4v) is 2.61. The number of hydrogen-bond donors (Lipinski definition) is 0. The molecule has 120 valence electrons. The number of carbonyl (C=O) groups is 1. The van der Waals surface area contributed by atoms with Gasteiger partial charge in [0.1, 0.15) is 0 Å². The van der Waals surface area contributed by atoms with Crippen molar-refractivity contribution in [3.8, 4) is 0 Å². The van der Waals surface area contributed by atoms with Crippen molar-refractivity contribution in [1.82, 2.24) is 0 Å². The number of unbranched alkanes of at least 4 members (excludes halogenated alkanes) is 11. The fraction of sp³-hybridized carbons (Fsp3) is 0.944. The molecule has 0 aromatic rings. The molecule has 0 amide bonds. The van der Waals surface area contributed by atoms with Crippen LogP contribution in [0.3, 0.4) is 0 Å². The summed E-state index contributed by atoms with van der Waals surface area (Å²) >= 11 is 0. The van der Waals surface area contributed by atoms with Crippen LogP contribution in [-0.4, -0.2) is 13.1 Å². The van der Waals surface area contributed by atoms with Crippen LogP contribution in [0.15, 0.2) is 0 Å². The maximum absolute atomic E-state index is 11.2. The van der Waals surface area contributed by atoms with Gasteiger partial charge in [-0.1, -0.05) is 90.9 Å². The summed E-state index contributed by atoms with van der Waals surface area (Å²) < 4.78 is 4.73. The van der Waals surface area contributed by atoms with E-state index in [1.807, 2.05) is 6.92 Å². The molecule has 0 saturated heterocycles. The molecule has 2 heteroatoms. The molecule has 0 spiro atoms. The number of rotatable bonds is 14. The van der Waals surface area contributed by atoms with Crippen LogP contribution in [0.4, 0.5) is 0 Å². The summed E-state index contributed by atoms with van der Waals surface area (Å²) in [5.74, 6) is 0.0104. The minimum atomic E-state index is -0.0620. The predicted octanol–water partition coefficient (Wildman–Crippen LogP) is 5.89. The maximum atomic E-state index is 11.2. The van der Waals surface area contributed by atoms with Crippen molar-refractivity contribution >= 4 is 5.97 Å². The van der Waals surface area contributed by atoms with Gasteiger partial charge >= 0.3 is 5.97 Å². The molecule has 20 heavy (non-hydrogen) atoms. The van der Waals surface area contributed by atoms with Crippen LogP contribution in [0, 0.1) is 5.92 Å². The summed E-state index contributed by atoms with van der Waals surface area (Å²) in [6, 6.07) is 0. The van der Waals surface area contributed by atoms with Crippen molar-refractivity contribution in [1.29, 1.82) is 0 Å². The fourth-order valence-electron chi connectivity index (χ4n) is 2.61. The second-order valence-electron chi connectivity index (χ2n) is 6.10. The first kappa shape index (κ1) is 19.5. The molecule has 0 fully saturated rings. The van der Waals surface area contributed by atoms with Gasteiger partial charge in [0.25, 0.3) is 0 Å². The predicted molar refractivity (Wildman–Crippen MR) is 86.9 cm³/mol. The van der Waals surface area contributed by atoms with E-state index in [2.05, 4.69) is 6.92 Å². The lowest BCUT2D eigenvalue weighted by Gasteiger charge is -2.08. The van der Waals surface area contributed by atoms with Crippen molar-refractivity contribution in [2.75, 3.05) is 7.11 Å². The van der Waals surface area contributed by atoms with Crippen molar-refractivity contribution in [3.05, 3.63) is 0 Å². The summed E-state index contributed by atoms with van der Waals surface area (Å²) in [6.45, 7) is 4.23. The first-order valence-corrected chi connectivity index (χ1v) is 8.80. The molecule has 0 rings (SSSR count). The highest BCUT2D eigenvalue weighted by Gasteiger charge is 2.11. The molecular formula is C18H36O2. The van der Waals surface area contributed by atoms with Gasteiger partial charge in [0.05, 0.1) is 13.0 Å². The molecule has 0 bridgehead atoms. The van der Waals surface area contributed by atoms with Crippen molar-refractivity contribution < 1.29 is 9.53 Å². The molecule has 0 radical (unpaired) electrons. The molecular weight excluding hydrogens is 248 g/mol. The highest BCUT2D eigenvalue weighted by Crippen LogP contribution is 2.14. The second-order valence-corrected chi connectivity index (χ2v) is 6.10. The molecule has 0 saturated carbocycles. The summed E-state index contributed by atoms with van der Waals surface area (Å²) in [5.41, 5.74) is 0. The highest BCUT2D eigenvalue weighted by atomic mass is 16.5. The van der Waals surface area contributed by atoms with Crippen LogP contribution < -0.4 is 0 Å². The molecule has 0 aromatic heterocycles. The van der Waals surface area contributed by atoms with Crippen LogP contribution in [0.5, 0.6) is 0 Å². The zero-order valence-electron chi connectivity index (χ0n) is 14.1. The van der Waals surface area contributed by atoms with Gasteiger partial charge in [0, 0.05) is 0 Å². The van der Waals surface area contributed by atoms with Gasteiger partial charge in [-0.3, -0.25) is 4.79 Å². The molecule has 0 aliphatic heterocycles. The van der Waals surface area contributed by atoms with Gasteiger partial charge in [-0.15, -0.1) is 0 Å². The van der Waals surface area contributed by atoms with E-state index in [1.54, 1.807) is 0 Å². The Morgan fingerprint density at radius 1 is 0.800 bits per heavy atom. The lowest BCUT2D eigenvalue weighted by Crippen LogP contribution is -2.12. The lowest BCUT2D eigenvalue weighted by molar-refractivity contribution is -0.145. The van der Waals surface area contributed by atoms with E-state index < -0.39 is 0 Å². The number of carbonyl (C=O) groups excluding carboxylic acids is 1. The van der Waals surface area contributed by atoms with E-state index >= 15 is 0 Å². The molecule has 0 N–H and O–H groups in total. The Hall–Kier alpha value is -0.530. The van der Waals surface area contributed by atoms with Gasteiger partial charge in [0.15, 0.2) is 0 Å². The van der Waals surface area contributed by atoms with E-state index in [0.29, 0.717) is 0 Å². The minimum Gasteiger partial charge on any atom is -0.469 e. The summed E-state index contributed by atoms with van der Waals surface area (Å²) in [4.78, 5) is 11.2. The Kier molecular flexibility index (Phi) is 14.5. The standard InChI is InChI=1S/C18H36O2/c1-4-5-6-7-8-9-10-11-12-13-14-15-16-17(2)18(19)20-3/h17H,4-16H2,1-3H3/t17-/m1/s1. The Morgan fingerprint density at radius 3 is 1.60 bits per heavy atom. The van der Waals surface area contributed by atoms with Gasteiger partial charge in [-0.2, -0.15) is 0 Å². The molecule has 1 atom stereocenters. The highest BCUT2D eigenvalue weighted by molar-refractivity contribution is 5.71. The Balaban J connectivity index is 3.11. The third-order valence-corrected chi connectivity index (χ3v) is 4.09. The topological polar surface area (TPSA) is 26.3 Å². The average Bonchev–Trinajstić information content (AvgIpc) is 2.47. The van der Waals surface area contributed by atoms with Crippen LogP contribution in [0.1, 0.15) is 97.3 Å². The van der Waals surface area contributed by atoms with Crippen LogP contribution in [0.25, 0.3) is 0 Å². The molecule has 0 unspecified atom stereocenters. The second kappa shape index (κ2) is 14.9. The van der Waals surface area contributed by atoms with E-state index in [1.165, 1.54) is 77.7 Å². The molecule has 0 aromatic carbocycles. The summed E-state index contributed by atoms with van der Waals surface area (Å²) in [6.07, 6.45) is 17.3. The Bertz CT molecular complexity index is 213. The number of esters is 1. The Morgan fingerprint density at radius 2 is 1.20 bits per heavy atom. The number of hydrogen-bond acceptors (Lipinski definition) is 2. The Labute approximate surface area is 126 Å². The van der Waals surface area contributed by atoms with Crippen LogP contribution in [-0.2, 0) is 9.53 Å². The molecule has 0 aliphatic carbocycles. The third-order valence-electron chi connectivity index (χ3n) is 4.09. The average molecular weight is 284 g/mol. The monoisotopic (exact) mass is 284 g/mol. The third kappa shape index (κ3) is 12.5. The smallest absolute Gasteiger partial charge is 0.308 e. The minimum absolute atomic E-state index is 0.0620. The number of methoxy groups -OCH3 is 1. The van der Waals surface area contributed by atoms with Crippen LogP contribution in [0.2, 0.25) is 0 Å². The molecule has 2 nitrogen and oxygen atoms in total. The van der Waals surface area contributed by atoms with Gasteiger partial charge in [-0.25, -0.2) is 0 Å². The van der Waals surface area contributed by atoms with E-state index in [9.17, 15) is 4.79 Å². The van der Waals surface area contributed by atoms with Crippen molar-refractivity contribution in [3.63, 3.8) is 0 Å². The largest absolute Gasteiger partial charge is 0.469 e. The zero-order valence-corrected chi connectivity index (χ0v) is 14.1. The summed E-state index contributed by atoms with van der Waals surface area (Å²) in [5, 5.41) is 0.